The summed E-state index contributed by atoms with van der Waals surface area (Å²) >= 11 is 6.69. The van der Waals surface area contributed by atoms with Crippen molar-refractivity contribution in [3.63, 3.8) is 0 Å². The molecule has 98 valence electrons. The number of nitrogens with one attached hydrogen (secondary N) is 2. The van der Waals surface area contributed by atoms with Crippen molar-refractivity contribution in [1.29, 1.82) is 0 Å². The molecule has 0 amide bonds. The number of alkyl halides is 2. The molecule has 1 heterocycles. The summed E-state index contributed by atoms with van der Waals surface area (Å²) in [7, 11) is -3.55. The van der Waals surface area contributed by atoms with Gasteiger partial charge in [0.25, 0.3) is 0 Å². The fraction of sp³-hybridized carbons (Fsp3) is 0.667. The van der Waals surface area contributed by atoms with E-state index in [1.807, 2.05) is 6.92 Å². The SMILES string of the molecule is CCC(CBr)(CBr)NS(=O)(=O)c1cn[nH]c1C. The maximum Gasteiger partial charge on any atom is 0.244 e. The Balaban J connectivity index is 3.05. The largest absolute Gasteiger partial charge is 0.281 e. The van der Waals surface area contributed by atoms with Crippen LogP contribution in [-0.4, -0.2) is 34.8 Å². The van der Waals surface area contributed by atoms with Crippen molar-refractivity contribution in [1.82, 2.24) is 14.9 Å². The second-order valence-electron chi connectivity index (χ2n) is 3.87. The van der Waals surface area contributed by atoms with Crippen LogP contribution in [0.5, 0.6) is 0 Å². The van der Waals surface area contributed by atoms with E-state index in [9.17, 15) is 8.42 Å². The molecule has 1 rings (SSSR count). The highest BCUT2D eigenvalue weighted by molar-refractivity contribution is 9.09. The summed E-state index contributed by atoms with van der Waals surface area (Å²) in [6.45, 7) is 3.62. The Hall–Kier alpha value is 0.0800. The molecule has 0 aromatic carbocycles. The van der Waals surface area contributed by atoms with Crippen LogP contribution in [0.4, 0.5) is 0 Å². The molecule has 1 aromatic heterocycles. The number of nitrogens with zero attached hydrogens (tertiary/aromatic N) is 1. The van der Waals surface area contributed by atoms with Gasteiger partial charge in [-0.25, -0.2) is 13.1 Å². The Morgan fingerprint density at radius 3 is 2.41 bits per heavy atom. The van der Waals surface area contributed by atoms with E-state index in [-0.39, 0.29) is 4.90 Å². The number of aromatic amines is 1. The first-order valence-corrected chi connectivity index (χ1v) is 8.79. The van der Waals surface area contributed by atoms with E-state index in [4.69, 9.17) is 0 Å². The summed E-state index contributed by atoms with van der Waals surface area (Å²) in [5, 5.41) is 7.43. The Labute approximate surface area is 118 Å². The first-order chi connectivity index (χ1) is 7.90. The summed E-state index contributed by atoms with van der Waals surface area (Å²) in [5.41, 5.74) is 0.00868. The summed E-state index contributed by atoms with van der Waals surface area (Å²) in [6.07, 6.45) is 2.00. The monoisotopic (exact) mass is 387 g/mol. The minimum absolute atomic E-state index is 0.192. The highest BCUT2D eigenvalue weighted by Crippen LogP contribution is 2.21. The van der Waals surface area contributed by atoms with Gasteiger partial charge < -0.3 is 0 Å². The van der Waals surface area contributed by atoms with Crippen molar-refractivity contribution < 1.29 is 8.42 Å². The van der Waals surface area contributed by atoms with Crippen LogP contribution in [0.15, 0.2) is 11.1 Å². The Morgan fingerprint density at radius 2 is 2.06 bits per heavy atom. The highest BCUT2D eigenvalue weighted by Gasteiger charge is 2.33. The molecule has 0 radical (unpaired) electrons. The number of aromatic nitrogens is 2. The van der Waals surface area contributed by atoms with E-state index >= 15 is 0 Å². The van der Waals surface area contributed by atoms with Gasteiger partial charge in [0.15, 0.2) is 0 Å². The molecule has 0 bridgehead atoms. The summed E-state index contributed by atoms with van der Waals surface area (Å²) in [4.78, 5) is 0.192. The molecule has 0 saturated carbocycles. The molecule has 17 heavy (non-hydrogen) atoms. The number of hydrogen-bond donors (Lipinski definition) is 2. The van der Waals surface area contributed by atoms with Crippen LogP contribution in [0.2, 0.25) is 0 Å². The van der Waals surface area contributed by atoms with Crippen LogP contribution < -0.4 is 4.72 Å². The van der Waals surface area contributed by atoms with Gasteiger partial charge in [0.1, 0.15) is 4.90 Å². The van der Waals surface area contributed by atoms with Crippen LogP contribution in [0, 0.1) is 6.92 Å². The molecule has 8 heteroatoms. The first kappa shape index (κ1) is 15.1. The molecular weight excluding hydrogens is 374 g/mol. The zero-order valence-electron chi connectivity index (χ0n) is 9.63. The first-order valence-electron chi connectivity index (χ1n) is 5.06. The fourth-order valence-electron chi connectivity index (χ4n) is 1.30. The number of hydrogen-bond acceptors (Lipinski definition) is 3. The molecule has 0 unspecified atom stereocenters. The van der Waals surface area contributed by atoms with Gasteiger partial charge in [-0.3, -0.25) is 5.10 Å². The number of rotatable bonds is 6. The van der Waals surface area contributed by atoms with E-state index < -0.39 is 15.6 Å². The predicted octanol–water partition coefficient (Wildman–Crippen LogP) is 1.94. The van der Waals surface area contributed by atoms with Crippen LogP contribution in [-0.2, 0) is 10.0 Å². The van der Waals surface area contributed by atoms with Crippen LogP contribution in [0.3, 0.4) is 0 Å². The minimum atomic E-state index is -3.55. The van der Waals surface area contributed by atoms with Crippen molar-refractivity contribution in [2.75, 3.05) is 10.7 Å². The molecule has 0 fully saturated rings. The molecule has 0 aliphatic carbocycles. The molecule has 2 N–H and O–H groups in total. The highest BCUT2D eigenvalue weighted by atomic mass is 79.9. The van der Waals surface area contributed by atoms with E-state index in [0.29, 0.717) is 22.8 Å². The summed E-state index contributed by atoms with van der Waals surface area (Å²) < 4.78 is 27.1. The zero-order valence-corrected chi connectivity index (χ0v) is 13.6. The zero-order chi connectivity index (χ0) is 13.1. The second kappa shape index (κ2) is 5.81. The fourth-order valence-corrected chi connectivity index (χ4v) is 5.28. The third kappa shape index (κ3) is 3.30. The van der Waals surface area contributed by atoms with Crippen molar-refractivity contribution in [3.8, 4) is 0 Å². The van der Waals surface area contributed by atoms with Gasteiger partial charge in [-0.05, 0) is 13.3 Å². The lowest BCUT2D eigenvalue weighted by atomic mass is 10.0. The topological polar surface area (TPSA) is 74.8 Å². The number of aryl methyl sites for hydroxylation is 1. The third-order valence-corrected chi connectivity index (χ3v) is 6.45. The van der Waals surface area contributed by atoms with E-state index in [1.165, 1.54) is 6.20 Å². The Morgan fingerprint density at radius 1 is 1.47 bits per heavy atom. The van der Waals surface area contributed by atoms with Gasteiger partial charge in [-0.15, -0.1) is 0 Å². The van der Waals surface area contributed by atoms with Crippen LogP contribution in [0.25, 0.3) is 0 Å². The van der Waals surface area contributed by atoms with Crippen molar-refractivity contribution in [3.05, 3.63) is 11.9 Å². The van der Waals surface area contributed by atoms with Crippen molar-refractivity contribution in [2.45, 2.75) is 30.7 Å². The summed E-state index contributed by atoms with van der Waals surface area (Å²) in [6, 6.07) is 0. The standard InChI is InChI=1S/C9H15Br2N3O2S/c1-3-9(5-10,6-11)14-17(15,16)8-4-12-13-7(8)2/h4,14H,3,5-6H2,1-2H3,(H,12,13). The van der Waals surface area contributed by atoms with Crippen molar-refractivity contribution >= 4 is 41.9 Å². The molecule has 1 aromatic rings. The van der Waals surface area contributed by atoms with Gasteiger partial charge in [0.05, 0.1) is 17.4 Å². The second-order valence-corrected chi connectivity index (χ2v) is 6.64. The van der Waals surface area contributed by atoms with Crippen LogP contribution >= 0.6 is 31.9 Å². The van der Waals surface area contributed by atoms with E-state index in [0.717, 1.165) is 0 Å². The van der Waals surface area contributed by atoms with E-state index in [1.54, 1.807) is 6.92 Å². The maximum absolute atomic E-state index is 12.2. The smallest absolute Gasteiger partial charge is 0.244 e. The summed E-state index contributed by atoms with van der Waals surface area (Å²) in [5.74, 6) is 0. The molecular formula is C9H15Br2N3O2S. The number of H-pyrrole nitrogens is 1. The molecule has 0 spiro atoms. The molecule has 5 nitrogen and oxygen atoms in total. The van der Waals surface area contributed by atoms with Crippen LogP contribution in [0.1, 0.15) is 19.0 Å². The number of halogens is 2. The maximum atomic E-state index is 12.2. The third-order valence-electron chi connectivity index (χ3n) is 2.61. The lowest BCUT2D eigenvalue weighted by Gasteiger charge is -2.29. The predicted molar refractivity (Wildman–Crippen MR) is 74.3 cm³/mol. The Kier molecular flexibility index (Phi) is 5.18. The van der Waals surface area contributed by atoms with Gasteiger partial charge in [0.2, 0.25) is 10.0 Å². The average Bonchev–Trinajstić information content (AvgIpc) is 2.73. The number of sulfonamides is 1. The quantitative estimate of drug-likeness (QED) is 0.731. The van der Waals surface area contributed by atoms with Gasteiger partial charge >= 0.3 is 0 Å². The van der Waals surface area contributed by atoms with Crippen molar-refractivity contribution in [2.24, 2.45) is 0 Å². The molecule has 0 aliphatic rings. The molecule has 0 saturated heterocycles. The van der Waals surface area contributed by atoms with Gasteiger partial charge in [-0.2, -0.15) is 5.10 Å². The van der Waals surface area contributed by atoms with Gasteiger partial charge in [-0.1, -0.05) is 38.8 Å². The lowest BCUT2D eigenvalue weighted by Crippen LogP contribution is -2.50. The molecule has 0 aliphatic heterocycles. The Bertz CT molecular complexity index is 460. The van der Waals surface area contributed by atoms with Gasteiger partial charge in [0, 0.05) is 10.7 Å². The normalized spacial score (nSPS) is 12.9. The van der Waals surface area contributed by atoms with E-state index in [2.05, 4.69) is 46.8 Å². The minimum Gasteiger partial charge on any atom is -0.281 e. The lowest BCUT2D eigenvalue weighted by molar-refractivity contribution is 0.459. The average molecular weight is 389 g/mol. The molecule has 0 atom stereocenters.